The first-order chi connectivity index (χ1) is 8.54. The number of nitrogens with one attached hydrogen (secondary N) is 1. The van der Waals surface area contributed by atoms with Crippen LogP contribution in [0.2, 0.25) is 0 Å². The molecule has 3 nitrogen and oxygen atoms in total. The van der Waals surface area contributed by atoms with E-state index in [1.807, 2.05) is 12.1 Å². The molecule has 1 aliphatic heterocycles. The summed E-state index contributed by atoms with van der Waals surface area (Å²) < 4.78 is 1.04. The van der Waals surface area contributed by atoms with Crippen LogP contribution in [-0.2, 0) is 0 Å². The van der Waals surface area contributed by atoms with Gasteiger partial charge in [0, 0.05) is 27.8 Å². The van der Waals surface area contributed by atoms with Crippen molar-refractivity contribution in [3.63, 3.8) is 0 Å². The Kier molecular flexibility index (Phi) is 3.95. The quantitative estimate of drug-likeness (QED) is 0.663. The maximum atomic E-state index is 7.74. The Morgan fingerprint density at radius 3 is 2.83 bits per heavy atom. The second kappa shape index (κ2) is 5.31. The molecule has 0 saturated carbocycles. The van der Waals surface area contributed by atoms with Crippen molar-refractivity contribution in [1.29, 1.82) is 5.41 Å². The van der Waals surface area contributed by atoms with E-state index in [1.54, 1.807) is 0 Å². The number of halogens is 1. The van der Waals surface area contributed by atoms with E-state index in [0.717, 1.165) is 22.1 Å². The molecule has 18 heavy (non-hydrogen) atoms. The third-order valence-electron chi connectivity index (χ3n) is 3.79. The fraction of sp³-hybridized carbons (Fsp3) is 0.500. The number of hydrogen-bond donors (Lipinski definition) is 2. The first-order valence-corrected chi connectivity index (χ1v) is 7.26. The Labute approximate surface area is 117 Å². The molecule has 1 aromatic rings. The second-order valence-electron chi connectivity index (χ2n) is 4.97. The molecule has 1 heterocycles. The zero-order chi connectivity index (χ0) is 13.3. The standard InChI is InChI=1S/C14H20BrN3/c1-3-11-6-4-9(2)18(11)13-8-10(15)5-7-12(13)14(16)17/h5,7-9,11H,3-4,6H2,1-2H3,(H3,16,17). The van der Waals surface area contributed by atoms with Crippen LogP contribution >= 0.6 is 15.9 Å². The van der Waals surface area contributed by atoms with Crippen molar-refractivity contribution in [2.45, 2.75) is 45.2 Å². The number of hydrogen-bond acceptors (Lipinski definition) is 2. The van der Waals surface area contributed by atoms with Crippen LogP contribution in [0.5, 0.6) is 0 Å². The Bertz CT molecular complexity index is 458. The Morgan fingerprint density at radius 1 is 1.50 bits per heavy atom. The van der Waals surface area contributed by atoms with Gasteiger partial charge in [0.05, 0.1) is 0 Å². The molecule has 2 unspecified atom stereocenters. The third kappa shape index (κ3) is 2.39. The number of nitrogens with two attached hydrogens (primary N) is 1. The minimum absolute atomic E-state index is 0.145. The van der Waals surface area contributed by atoms with Gasteiger partial charge in [0.25, 0.3) is 0 Å². The van der Waals surface area contributed by atoms with E-state index in [-0.39, 0.29) is 5.84 Å². The molecular weight excluding hydrogens is 290 g/mol. The summed E-state index contributed by atoms with van der Waals surface area (Å²) in [7, 11) is 0. The van der Waals surface area contributed by atoms with Crippen molar-refractivity contribution in [3.05, 3.63) is 28.2 Å². The van der Waals surface area contributed by atoms with E-state index in [0.29, 0.717) is 12.1 Å². The number of rotatable bonds is 3. The van der Waals surface area contributed by atoms with Crippen LogP contribution in [0, 0.1) is 5.41 Å². The van der Waals surface area contributed by atoms with Crippen LogP contribution in [0.1, 0.15) is 38.7 Å². The molecule has 0 aromatic heterocycles. The summed E-state index contributed by atoms with van der Waals surface area (Å²) in [6, 6.07) is 7.04. The highest BCUT2D eigenvalue weighted by Gasteiger charge is 2.31. The average Bonchev–Trinajstić information content (AvgIpc) is 2.69. The number of amidine groups is 1. The predicted molar refractivity (Wildman–Crippen MR) is 80.4 cm³/mol. The summed E-state index contributed by atoms with van der Waals surface area (Å²) in [5, 5.41) is 7.74. The van der Waals surface area contributed by atoms with Crippen molar-refractivity contribution in [2.24, 2.45) is 5.73 Å². The van der Waals surface area contributed by atoms with E-state index >= 15 is 0 Å². The zero-order valence-corrected chi connectivity index (χ0v) is 12.5. The maximum Gasteiger partial charge on any atom is 0.124 e. The highest BCUT2D eigenvalue weighted by Crippen LogP contribution is 2.35. The van der Waals surface area contributed by atoms with Crippen LogP contribution in [0.15, 0.2) is 22.7 Å². The van der Waals surface area contributed by atoms with Crippen molar-refractivity contribution >= 4 is 27.5 Å². The molecule has 2 atom stereocenters. The largest absolute Gasteiger partial charge is 0.384 e. The first kappa shape index (κ1) is 13.4. The number of nitrogens with zero attached hydrogens (tertiary/aromatic N) is 1. The van der Waals surface area contributed by atoms with E-state index < -0.39 is 0 Å². The summed E-state index contributed by atoms with van der Waals surface area (Å²) in [4.78, 5) is 2.43. The summed E-state index contributed by atoms with van der Waals surface area (Å²) in [5.74, 6) is 0.145. The highest BCUT2D eigenvalue weighted by atomic mass is 79.9. The molecule has 98 valence electrons. The molecular formula is C14H20BrN3. The summed E-state index contributed by atoms with van der Waals surface area (Å²) in [5.41, 5.74) is 7.64. The van der Waals surface area contributed by atoms with Gasteiger partial charge in [-0.2, -0.15) is 0 Å². The molecule has 4 heteroatoms. The van der Waals surface area contributed by atoms with Gasteiger partial charge < -0.3 is 10.6 Å². The number of anilines is 1. The lowest BCUT2D eigenvalue weighted by molar-refractivity contribution is 0.627. The molecule has 0 aliphatic carbocycles. The summed E-state index contributed by atoms with van der Waals surface area (Å²) >= 11 is 3.52. The smallest absolute Gasteiger partial charge is 0.124 e. The monoisotopic (exact) mass is 309 g/mol. The van der Waals surface area contributed by atoms with Gasteiger partial charge in [-0.15, -0.1) is 0 Å². The maximum absolute atomic E-state index is 7.74. The topological polar surface area (TPSA) is 53.1 Å². The normalized spacial score (nSPS) is 23.4. The van der Waals surface area contributed by atoms with Crippen LogP contribution in [-0.4, -0.2) is 17.9 Å². The molecule has 2 rings (SSSR count). The van der Waals surface area contributed by atoms with E-state index in [1.165, 1.54) is 12.8 Å². The molecule has 1 aliphatic rings. The van der Waals surface area contributed by atoms with Gasteiger partial charge >= 0.3 is 0 Å². The van der Waals surface area contributed by atoms with Crippen molar-refractivity contribution in [3.8, 4) is 0 Å². The Balaban J connectivity index is 2.48. The van der Waals surface area contributed by atoms with Crippen molar-refractivity contribution in [2.75, 3.05) is 4.90 Å². The van der Waals surface area contributed by atoms with Crippen molar-refractivity contribution in [1.82, 2.24) is 0 Å². The Morgan fingerprint density at radius 2 is 2.22 bits per heavy atom. The van der Waals surface area contributed by atoms with Gasteiger partial charge in [-0.3, -0.25) is 5.41 Å². The lowest BCUT2D eigenvalue weighted by atomic mass is 10.1. The lowest BCUT2D eigenvalue weighted by Gasteiger charge is -2.32. The van der Waals surface area contributed by atoms with Crippen LogP contribution in [0.4, 0.5) is 5.69 Å². The predicted octanol–water partition coefficient (Wildman–Crippen LogP) is 3.50. The second-order valence-corrected chi connectivity index (χ2v) is 5.89. The van der Waals surface area contributed by atoms with Gasteiger partial charge in [-0.05, 0) is 44.4 Å². The van der Waals surface area contributed by atoms with E-state index in [9.17, 15) is 0 Å². The minimum Gasteiger partial charge on any atom is -0.384 e. The fourth-order valence-corrected chi connectivity index (χ4v) is 3.20. The fourth-order valence-electron chi connectivity index (χ4n) is 2.85. The summed E-state index contributed by atoms with van der Waals surface area (Å²) in [6.07, 6.45) is 3.57. The van der Waals surface area contributed by atoms with E-state index in [4.69, 9.17) is 11.1 Å². The van der Waals surface area contributed by atoms with Gasteiger partial charge in [0.2, 0.25) is 0 Å². The van der Waals surface area contributed by atoms with Gasteiger partial charge in [0.1, 0.15) is 5.84 Å². The van der Waals surface area contributed by atoms with Gasteiger partial charge in [0.15, 0.2) is 0 Å². The highest BCUT2D eigenvalue weighted by molar-refractivity contribution is 9.10. The molecule has 1 saturated heterocycles. The third-order valence-corrected chi connectivity index (χ3v) is 4.28. The molecule has 0 bridgehead atoms. The molecule has 0 radical (unpaired) electrons. The number of benzene rings is 1. The molecule has 1 fully saturated rings. The van der Waals surface area contributed by atoms with Crippen LogP contribution < -0.4 is 10.6 Å². The van der Waals surface area contributed by atoms with Crippen molar-refractivity contribution < 1.29 is 0 Å². The van der Waals surface area contributed by atoms with Gasteiger partial charge in [-0.25, -0.2) is 0 Å². The first-order valence-electron chi connectivity index (χ1n) is 6.46. The SMILES string of the molecule is CCC1CCC(C)N1c1cc(Br)ccc1C(=N)N. The molecule has 3 N–H and O–H groups in total. The van der Waals surface area contributed by atoms with Crippen LogP contribution in [0.25, 0.3) is 0 Å². The molecule has 0 spiro atoms. The van der Waals surface area contributed by atoms with E-state index in [2.05, 4.69) is 40.7 Å². The molecule has 0 amide bonds. The minimum atomic E-state index is 0.145. The van der Waals surface area contributed by atoms with Gasteiger partial charge in [-0.1, -0.05) is 22.9 Å². The van der Waals surface area contributed by atoms with Crippen LogP contribution in [0.3, 0.4) is 0 Å². The molecule has 1 aromatic carbocycles. The summed E-state index contributed by atoms with van der Waals surface area (Å²) in [6.45, 7) is 4.47. The lowest BCUT2D eigenvalue weighted by Crippen LogP contribution is -2.35. The Hall–Kier alpha value is -1.03. The number of nitrogen functional groups attached to an aromatic ring is 1. The average molecular weight is 310 g/mol. The zero-order valence-electron chi connectivity index (χ0n) is 10.9.